The van der Waals surface area contributed by atoms with Crippen LogP contribution in [-0.4, -0.2) is 15.0 Å². The molecule has 0 radical (unpaired) electrons. The molecule has 0 bridgehead atoms. The highest BCUT2D eigenvalue weighted by Gasteiger charge is 2.39. The number of para-hydroxylation sites is 1. The first kappa shape index (κ1) is 23.3. The van der Waals surface area contributed by atoms with Crippen LogP contribution in [0.2, 0.25) is 0 Å². The van der Waals surface area contributed by atoms with Gasteiger partial charge in [-0.05, 0) is 24.3 Å². The molecule has 1 aliphatic heterocycles. The Balaban J connectivity index is 1.41. The summed E-state index contributed by atoms with van der Waals surface area (Å²) in [5.41, 5.74) is 2.55. The van der Waals surface area contributed by atoms with E-state index in [1.165, 1.54) is 0 Å². The normalized spacial score (nSPS) is 15.6. The Bertz CT molecular complexity index is 1800. The lowest BCUT2D eigenvalue weighted by atomic mass is 10.1. The monoisotopic (exact) mass is 523 g/mol. The maximum absolute atomic E-state index is 14.9. The lowest BCUT2D eigenvalue weighted by Crippen LogP contribution is -2.30. The van der Waals surface area contributed by atoms with E-state index >= 15 is 0 Å². The largest absolute Gasteiger partial charge is 0.456 e. The third-order valence-corrected chi connectivity index (χ3v) is 9.92. The maximum atomic E-state index is 14.9. The van der Waals surface area contributed by atoms with Gasteiger partial charge in [0.15, 0.2) is 24.6 Å². The standard InChI is InChI=1S/C33H22N3O2P/c37-39(26-16-8-3-9-17-26)29-19-11-10-18-27(29)38-28-22-25(20-21-30(28)39)33-35-31(23-12-4-1-5-13-23)34-32(36-33)24-14-6-2-7-15-24/h1-22H. The molecule has 6 heteroatoms. The quantitative estimate of drug-likeness (QED) is 0.243. The molecule has 0 spiro atoms. The zero-order valence-electron chi connectivity index (χ0n) is 20.8. The van der Waals surface area contributed by atoms with Gasteiger partial charge in [0.2, 0.25) is 0 Å². The molecule has 5 nitrogen and oxygen atoms in total. The first-order valence-corrected chi connectivity index (χ1v) is 14.4. The molecule has 1 unspecified atom stereocenters. The van der Waals surface area contributed by atoms with Crippen molar-refractivity contribution in [2.75, 3.05) is 0 Å². The van der Waals surface area contributed by atoms with Crippen LogP contribution >= 0.6 is 7.14 Å². The molecule has 0 fully saturated rings. The number of ether oxygens (including phenoxy) is 1. The van der Waals surface area contributed by atoms with Crippen LogP contribution in [0.3, 0.4) is 0 Å². The predicted molar refractivity (Wildman–Crippen MR) is 156 cm³/mol. The number of benzene rings is 5. The molecular weight excluding hydrogens is 501 g/mol. The van der Waals surface area contributed by atoms with Gasteiger partial charge in [-0.2, -0.15) is 0 Å². The van der Waals surface area contributed by atoms with Crippen LogP contribution in [0.4, 0.5) is 0 Å². The van der Waals surface area contributed by atoms with E-state index in [4.69, 9.17) is 19.7 Å². The zero-order chi connectivity index (χ0) is 26.2. The van der Waals surface area contributed by atoms with Gasteiger partial charge < -0.3 is 9.30 Å². The topological polar surface area (TPSA) is 65.0 Å². The Labute approximate surface area is 226 Å². The Hall–Kier alpha value is -4.86. The van der Waals surface area contributed by atoms with Gasteiger partial charge in [-0.3, -0.25) is 0 Å². The second kappa shape index (κ2) is 9.46. The Kier molecular flexibility index (Phi) is 5.65. The fraction of sp³-hybridized carbons (Fsp3) is 0. The number of hydrogen-bond donors (Lipinski definition) is 0. The van der Waals surface area contributed by atoms with Crippen molar-refractivity contribution in [1.82, 2.24) is 15.0 Å². The van der Waals surface area contributed by atoms with Gasteiger partial charge in [0.05, 0.1) is 10.6 Å². The molecule has 5 aromatic carbocycles. The predicted octanol–water partition coefficient (Wildman–Crippen LogP) is 6.62. The van der Waals surface area contributed by atoms with E-state index in [0.717, 1.165) is 22.0 Å². The number of aromatic nitrogens is 3. The van der Waals surface area contributed by atoms with Crippen molar-refractivity contribution in [1.29, 1.82) is 0 Å². The molecule has 1 aliphatic rings. The minimum absolute atomic E-state index is 0.516. The van der Waals surface area contributed by atoms with E-state index in [9.17, 15) is 4.57 Å². The first-order valence-electron chi connectivity index (χ1n) is 12.7. The average Bonchev–Trinajstić information content (AvgIpc) is 3.02. The van der Waals surface area contributed by atoms with E-state index in [0.29, 0.717) is 39.6 Å². The van der Waals surface area contributed by atoms with Crippen molar-refractivity contribution >= 4 is 23.1 Å². The second-order valence-corrected chi connectivity index (χ2v) is 11.9. The van der Waals surface area contributed by atoms with E-state index < -0.39 is 7.14 Å². The number of nitrogens with zero attached hydrogens (tertiary/aromatic N) is 3. The molecule has 6 aromatic rings. The van der Waals surface area contributed by atoms with Crippen LogP contribution in [-0.2, 0) is 4.57 Å². The van der Waals surface area contributed by atoms with Crippen LogP contribution in [0.5, 0.6) is 11.5 Å². The Morgan fingerprint density at radius 3 is 1.56 bits per heavy atom. The third kappa shape index (κ3) is 4.04. The van der Waals surface area contributed by atoms with E-state index in [2.05, 4.69) is 0 Å². The van der Waals surface area contributed by atoms with E-state index in [1.807, 2.05) is 133 Å². The lowest BCUT2D eigenvalue weighted by molar-refractivity contribution is 0.485. The molecule has 1 atom stereocenters. The van der Waals surface area contributed by atoms with Gasteiger partial charge in [0, 0.05) is 22.0 Å². The van der Waals surface area contributed by atoms with Crippen molar-refractivity contribution < 1.29 is 9.30 Å². The Morgan fingerprint density at radius 1 is 0.462 bits per heavy atom. The molecular formula is C33H22N3O2P. The fourth-order valence-corrected chi connectivity index (χ4v) is 7.74. The first-order chi connectivity index (χ1) is 19.2. The van der Waals surface area contributed by atoms with Gasteiger partial charge in [-0.1, -0.05) is 109 Å². The third-order valence-electron chi connectivity index (χ3n) is 6.80. The summed E-state index contributed by atoms with van der Waals surface area (Å²) in [7, 11) is -3.15. The van der Waals surface area contributed by atoms with Gasteiger partial charge in [-0.25, -0.2) is 15.0 Å². The summed E-state index contributed by atoms with van der Waals surface area (Å²) >= 11 is 0. The summed E-state index contributed by atoms with van der Waals surface area (Å²) in [6.07, 6.45) is 0. The summed E-state index contributed by atoms with van der Waals surface area (Å²) in [4.78, 5) is 14.5. The fourth-order valence-electron chi connectivity index (χ4n) is 4.90. The molecule has 0 aliphatic carbocycles. The van der Waals surface area contributed by atoms with Gasteiger partial charge in [0.1, 0.15) is 11.5 Å². The van der Waals surface area contributed by atoms with Gasteiger partial charge >= 0.3 is 0 Å². The average molecular weight is 524 g/mol. The van der Waals surface area contributed by atoms with E-state index in [-0.39, 0.29) is 0 Å². The van der Waals surface area contributed by atoms with Crippen LogP contribution in [0.15, 0.2) is 133 Å². The number of hydrogen-bond acceptors (Lipinski definition) is 5. The van der Waals surface area contributed by atoms with Crippen LogP contribution < -0.4 is 20.7 Å². The highest BCUT2D eigenvalue weighted by Crippen LogP contribution is 2.51. The SMILES string of the molecule is O=P1(c2ccccc2)c2ccccc2Oc2cc(-c3nc(-c4ccccc4)nc(-c4ccccc4)n3)ccc21. The van der Waals surface area contributed by atoms with Crippen LogP contribution in [0, 0.1) is 0 Å². The molecule has 39 heavy (non-hydrogen) atoms. The number of fused-ring (bicyclic) bond motifs is 2. The Morgan fingerprint density at radius 2 is 0.949 bits per heavy atom. The minimum Gasteiger partial charge on any atom is -0.456 e. The van der Waals surface area contributed by atoms with Crippen molar-refractivity contribution in [3.63, 3.8) is 0 Å². The summed E-state index contributed by atoms with van der Waals surface area (Å²) in [5.74, 6) is 2.82. The van der Waals surface area contributed by atoms with Gasteiger partial charge in [-0.15, -0.1) is 0 Å². The maximum Gasteiger partial charge on any atom is 0.178 e. The smallest absolute Gasteiger partial charge is 0.178 e. The van der Waals surface area contributed by atoms with Gasteiger partial charge in [0.25, 0.3) is 0 Å². The molecule has 2 heterocycles. The van der Waals surface area contributed by atoms with Crippen molar-refractivity contribution in [3.8, 4) is 45.7 Å². The molecule has 1 aromatic heterocycles. The molecule has 7 rings (SSSR count). The summed E-state index contributed by atoms with van der Waals surface area (Å²) in [6.45, 7) is 0. The summed E-state index contributed by atoms with van der Waals surface area (Å²) in [5, 5.41) is 2.14. The van der Waals surface area contributed by atoms with Crippen molar-refractivity contribution in [2.24, 2.45) is 0 Å². The number of rotatable bonds is 4. The lowest BCUT2D eigenvalue weighted by Gasteiger charge is -2.29. The summed E-state index contributed by atoms with van der Waals surface area (Å²) in [6, 6.07) is 42.6. The van der Waals surface area contributed by atoms with Crippen LogP contribution in [0.25, 0.3) is 34.2 Å². The second-order valence-electron chi connectivity index (χ2n) is 9.24. The zero-order valence-corrected chi connectivity index (χ0v) is 21.7. The highest BCUT2D eigenvalue weighted by atomic mass is 31.2. The highest BCUT2D eigenvalue weighted by molar-refractivity contribution is 7.85. The van der Waals surface area contributed by atoms with Crippen LogP contribution in [0.1, 0.15) is 0 Å². The molecule has 0 saturated heterocycles. The van der Waals surface area contributed by atoms with Crippen molar-refractivity contribution in [2.45, 2.75) is 0 Å². The summed E-state index contributed by atoms with van der Waals surface area (Å²) < 4.78 is 21.2. The molecule has 0 saturated carbocycles. The molecule has 0 N–H and O–H groups in total. The minimum atomic E-state index is -3.15. The van der Waals surface area contributed by atoms with E-state index in [1.54, 1.807) is 0 Å². The molecule has 0 amide bonds. The molecule has 186 valence electrons. The van der Waals surface area contributed by atoms with Crippen molar-refractivity contribution in [3.05, 3.63) is 133 Å².